The zero-order valence-electron chi connectivity index (χ0n) is 15.7. The van der Waals surface area contributed by atoms with E-state index >= 15 is 0 Å². The van der Waals surface area contributed by atoms with Crippen molar-refractivity contribution < 1.29 is 19.2 Å². The maximum Gasteiger partial charge on any atom is 0.314 e. The highest BCUT2D eigenvalue weighted by molar-refractivity contribution is 6.30. The Morgan fingerprint density at radius 3 is 2.45 bits per heavy atom. The van der Waals surface area contributed by atoms with Crippen LogP contribution in [0.25, 0.3) is 0 Å². The van der Waals surface area contributed by atoms with Crippen LogP contribution in [0.5, 0.6) is 0 Å². The molecule has 1 N–H and O–H groups in total. The van der Waals surface area contributed by atoms with Crippen LogP contribution in [0.15, 0.2) is 42.5 Å². The van der Waals surface area contributed by atoms with Crippen LogP contribution < -0.4 is 5.32 Å². The van der Waals surface area contributed by atoms with Crippen LogP contribution in [0, 0.1) is 27.4 Å². The van der Waals surface area contributed by atoms with Crippen molar-refractivity contribution in [3.05, 3.63) is 68.7 Å². The van der Waals surface area contributed by atoms with Gasteiger partial charge in [-0.15, -0.1) is 0 Å². The van der Waals surface area contributed by atoms with Gasteiger partial charge in [0, 0.05) is 17.2 Å². The number of carbonyl (C=O) groups excluding carboxylic acids is 2. The molecule has 0 heterocycles. The minimum atomic E-state index is -0.665. The molecule has 0 saturated carbocycles. The molecule has 1 amide bonds. The minimum absolute atomic E-state index is 0.0694. The fourth-order valence-electron chi connectivity index (χ4n) is 2.72. The molecule has 2 aromatic rings. The molecule has 0 radical (unpaired) electrons. The molecule has 0 saturated heterocycles. The molecule has 0 aliphatic heterocycles. The Bertz CT molecular complexity index is 967. The van der Waals surface area contributed by atoms with Crippen LogP contribution in [0.1, 0.15) is 30.9 Å². The highest BCUT2D eigenvalue weighted by Crippen LogP contribution is 2.27. The van der Waals surface area contributed by atoms with Crippen molar-refractivity contribution in [2.75, 3.05) is 11.9 Å². The number of nitrogens with one attached hydrogen (secondary N) is 1. The highest BCUT2D eigenvalue weighted by atomic mass is 35.5. The lowest BCUT2D eigenvalue weighted by molar-refractivity contribution is -0.384. The van der Waals surface area contributed by atoms with E-state index in [1.807, 2.05) is 13.8 Å². The van der Waals surface area contributed by atoms with E-state index < -0.39 is 29.3 Å². The van der Waals surface area contributed by atoms with Crippen molar-refractivity contribution in [2.24, 2.45) is 5.92 Å². The molecule has 150 valence electrons. The zero-order chi connectivity index (χ0) is 21.6. The van der Waals surface area contributed by atoms with Gasteiger partial charge in [-0.1, -0.05) is 37.6 Å². The number of nitro groups is 1. The second kappa shape index (κ2) is 9.66. The summed E-state index contributed by atoms with van der Waals surface area (Å²) in [6.07, 6.45) is 0. The number of rotatable bonds is 7. The Balaban J connectivity index is 2.04. The molecule has 0 aliphatic carbocycles. The Hall–Kier alpha value is -3.44. The number of benzene rings is 2. The lowest BCUT2D eigenvalue weighted by atomic mass is 9.88. The number of hydrogen-bond acceptors (Lipinski definition) is 6. The Morgan fingerprint density at radius 2 is 1.90 bits per heavy atom. The van der Waals surface area contributed by atoms with Crippen LogP contribution in [0.4, 0.5) is 11.4 Å². The van der Waals surface area contributed by atoms with Gasteiger partial charge in [-0.05, 0) is 29.7 Å². The molecule has 1 atom stereocenters. The Kier molecular flexibility index (Phi) is 7.28. The van der Waals surface area contributed by atoms with E-state index in [0.717, 1.165) is 17.7 Å². The first kappa shape index (κ1) is 21.9. The molecule has 0 fully saturated rings. The molecule has 0 bridgehead atoms. The number of carbonyl (C=O) groups is 2. The number of nitrogens with zero attached hydrogens (tertiary/aromatic N) is 2. The number of anilines is 1. The monoisotopic (exact) mass is 415 g/mol. The summed E-state index contributed by atoms with van der Waals surface area (Å²) >= 11 is 5.88. The second-order valence-electron chi connectivity index (χ2n) is 6.53. The summed E-state index contributed by atoms with van der Waals surface area (Å²) in [5, 5.41) is 22.9. The third-order valence-electron chi connectivity index (χ3n) is 4.10. The molecule has 0 aliphatic rings. The van der Waals surface area contributed by atoms with E-state index in [1.165, 1.54) is 6.07 Å². The predicted octanol–water partition coefficient (Wildman–Crippen LogP) is 4.04. The van der Waals surface area contributed by atoms with Gasteiger partial charge in [0.05, 0.1) is 22.1 Å². The first-order valence-electron chi connectivity index (χ1n) is 8.63. The normalized spacial score (nSPS) is 11.4. The van der Waals surface area contributed by atoms with Gasteiger partial charge in [-0.2, -0.15) is 5.26 Å². The molecule has 2 rings (SSSR count). The largest absolute Gasteiger partial charge is 0.455 e. The van der Waals surface area contributed by atoms with Crippen LogP contribution in [-0.2, 0) is 14.3 Å². The summed E-state index contributed by atoms with van der Waals surface area (Å²) in [6, 6.07) is 12.0. The van der Waals surface area contributed by atoms with Crippen LogP contribution in [0.3, 0.4) is 0 Å². The Labute approximate surface area is 172 Å². The summed E-state index contributed by atoms with van der Waals surface area (Å²) in [4.78, 5) is 34.8. The lowest BCUT2D eigenvalue weighted by Crippen LogP contribution is -2.26. The Morgan fingerprint density at radius 1 is 1.24 bits per heavy atom. The SMILES string of the molecule is CC(C)[C@H](C(=O)OCC(=O)Nc1ccc([N+](=O)[O-])cc1C#N)c1ccc(Cl)cc1. The first-order valence-corrected chi connectivity index (χ1v) is 9.01. The van der Waals surface area contributed by atoms with Gasteiger partial charge in [0.25, 0.3) is 11.6 Å². The van der Waals surface area contributed by atoms with Crippen molar-refractivity contribution in [1.29, 1.82) is 5.26 Å². The van der Waals surface area contributed by atoms with E-state index in [0.29, 0.717) is 5.02 Å². The van der Waals surface area contributed by atoms with Gasteiger partial charge < -0.3 is 10.1 Å². The molecule has 2 aromatic carbocycles. The lowest BCUT2D eigenvalue weighted by Gasteiger charge is -2.20. The molecule has 8 nitrogen and oxygen atoms in total. The summed E-state index contributed by atoms with van der Waals surface area (Å²) in [5.74, 6) is -1.88. The van der Waals surface area contributed by atoms with Gasteiger partial charge in [0.2, 0.25) is 0 Å². The molecule has 0 spiro atoms. The van der Waals surface area contributed by atoms with E-state index in [2.05, 4.69) is 5.32 Å². The van der Waals surface area contributed by atoms with Crippen LogP contribution in [-0.4, -0.2) is 23.4 Å². The van der Waals surface area contributed by atoms with Crippen molar-refractivity contribution in [3.8, 4) is 6.07 Å². The number of halogens is 1. The van der Waals surface area contributed by atoms with E-state index in [1.54, 1.807) is 30.3 Å². The first-order chi connectivity index (χ1) is 13.7. The highest BCUT2D eigenvalue weighted by Gasteiger charge is 2.26. The number of amides is 1. The number of ether oxygens (including phenoxy) is 1. The molecule has 0 unspecified atom stereocenters. The number of nitriles is 1. The minimum Gasteiger partial charge on any atom is -0.455 e. The second-order valence-corrected chi connectivity index (χ2v) is 6.96. The van der Waals surface area contributed by atoms with Crippen molar-refractivity contribution in [1.82, 2.24) is 0 Å². The summed E-state index contributed by atoms with van der Waals surface area (Å²) in [7, 11) is 0. The fraction of sp³-hybridized carbons (Fsp3) is 0.250. The summed E-state index contributed by atoms with van der Waals surface area (Å²) < 4.78 is 5.14. The standard InChI is InChI=1S/C20H18ClN3O5/c1-12(2)19(13-3-5-15(21)6-4-13)20(26)29-11-18(25)23-17-8-7-16(24(27)28)9-14(17)10-22/h3-9,12,19H,11H2,1-2H3,(H,23,25)/t19-/m0/s1. The number of hydrogen-bond donors (Lipinski definition) is 1. The smallest absolute Gasteiger partial charge is 0.314 e. The third kappa shape index (κ3) is 5.77. The summed E-state index contributed by atoms with van der Waals surface area (Å²) in [5.41, 5.74) is 0.475. The zero-order valence-corrected chi connectivity index (χ0v) is 16.5. The molecular formula is C20H18ClN3O5. The fourth-order valence-corrected chi connectivity index (χ4v) is 2.85. The molecule has 0 aromatic heterocycles. The van der Waals surface area contributed by atoms with Gasteiger partial charge in [0.15, 0.2) is 6.61 Å². The third-order valence-corrected chi connectivity index (χ3v) is 4.36. The maximum absolute atomic E-state index is 12.5. The summed E-state index contributed by atoms with van der Waals surface area (Å²) in [6.45, 7) is 3.16. The van der Waals surface area contributed by atoms with Gasteiger partial charge in [0.1, 0.15) is 6.07 Å². The van der Waals surface area contributed by atoms with Crippen LogP contribution >= 0.6 is 11.6 Å². The van der Waals surface area contributed by atoms with Gasteiger partial charge >= 0.3 is 5.97 Å². The number of nitro benzene ring substituents is 1. The van der Waals surface area contributed by atoms with E-state index in [9.17, 15) is 19.7 Å². The predicted molar refractivity (Wildman–Crippen MR) is 106 cm³/mol. The number of esters is 1. The van der Waals surface area contributed by atoms with Gasteiger partial charge in [-0.25, -0.2) is 0 Å². The molecule has 9 heteroatoms. The van der Waals surface area contributed by atoms with Crippen molar-refractivity contribution in [2.45, 2.75) is 19.8 Å². The quantitative estimate of drug-likeness (QED) is 0.413. The van der Waals surface area contributed by atoms with Gasteiger partial charge in [-0.3, -0.25) is 19.7 Å². The molecular weight excluding hydrogens is 398 g/mol. The van der Waals surface area contributed by atoms with Crippen molar-refractivity contribution >= 4 is 34.9 Å². The number of non-ortho nitro benzene ring substituents is 1. The topological polar surface area (TPSA) is 122 Å². The molecule has 29 heavy (non-hydrogen) atoms. The van der Waals surface area contributed by atoms with E-state index in [4.69, 9.17) is 21.6 Å². The van der Waals surface area contributed by atoms with Crippen LogP contribution in [0.2, 0.25) is 5.02 Å². The van der Waals surface area contributed by atoms with Crippen molar-refractivity contribution in [3.63, 3.8) is 0 Å². The van der Waals surface area contributed by atoms with E-state index in [-0.39, 0.29) is 22.9 Å². The maximum atomic E-state index is 12.5. The average molecular weight is 416 g/mol. The average Bonchev–Trinajstić information content (AvgIpc) is 2.68.